The number of hydrogen-bond acceptors (Lipinski definition) is 3. The minimum atomic E-state index is -0.143. The fraction of sp³-hybridized carbons (Fsp3) is 0.429. The Kier molecular flexibility index (Phi) is 4.93. The smallest absolute Gasteiger partial charge is 0.146 e. The number of hydrogen-bond donors (Lipinski definition) is 0. The molecular weight excluding hydrogens is 351 g/mol. The Balaban J connectivity index is 0.00000196. The van der Waals surface area contributed by atoms with E-state index in [1.807, 2.05) is 38.4 Å². The summed E-state index contributed by atoms with van der Waals surface area (Å²) >= 11 is 0. The van der Waals surface area contributed by atoms with Gasteiger partial charge in [-0.3, -0.25) is 0 Å². The van der Waals surface area contributed by atoms with Crippen LogP contribution in [0.3, 0.4) is 0 Å². The topological polar surface area (TPSA) is 15.7 Å². The fourth-order valence-electron chi connectivity index (χ4n) is 4.31. The van der Waals surface area contributed by atoms with E-state index in [1.54, 1.807) is 6.07 Å². The molecule has 0 fully saturated rings. The number of benzene rings is 2. The Morgan fingerprint density at radius 2 is 1.88 bits per heavy atom. The van der Waals surface area contributed by atoms with E-state index in [9.17, 15) is 4.39 Å². The van der Waals surface area contributed by atoms with Crippen LogP contribution in [0.1, 0.15) is 31.0 Å². The molecule has 0 aliphatic carbocycles. The highest BCUT2D eigenvalue weighted by Crippen LogP contribution is 2.50. The molecule has 0 bridgehead atoms. The highest BCUT2D eigenvalue weighted by Gasteiger charge is 2.46. The molecule has 0 amide bonds. The first-order chi connectivity index (χ1) is 11.9. The molecule has 26 heavy (non-hydrogen) atoms. The summed E-state index contributed by atoms with van der Waals surface area (Å²) in [5.41, 5.74) is 2.89. The van der Waals surface area contributed by atoms with Crippen molar-refractivity contribution < 1.29 is 9.13 Å². The molecule has 0 unspecified atom stereocenters. The molecule has 140 valence electrons. The molecule has 3 nitrogen and oxygen atoms in total. The second-order valence-electron chi connectivity index (χ2n) is 8.05. The largest absolute Gasteiger partial charge is 0.486 e. The monoisotopic (exact) mass is 376 g/mol. The van der Waals surface area contributed by atoms with Crippen molar-refractivity contribution in [2.45, 2.75) is 31.4 Å². The summed E-state index contributed by atoms with van der Waals surface area (Å²) in [6.45, 7) is 5.96. The van der Waals surface area contributed by atoms with Crippen LogP contribution in [0.15, 0.2) is 42.5 Å². The van der Waals surface area contributed by atoms with Crippen LogP contribution < -0.4 is 9.64 Å². The van der Waals surface area contributed by atoms with Gasteiger partial charge in [-0.1, -0.05) is 44.2 Å². The molecule has 2 aliphatic heterocycles. The molecule has 2 atom stereocenters. The lowest BCUT2D eigenvalue weighted by Gasteiger charge is -2.33. The van der Waals surface area contributed by atoms with Gasteiger partial charge in [0.1, 0.15) is 17.7 Å². The van der Waals surface area contributed by atoms with E-state index in [0.29, 0.717) is 0 Å². The second kappa shape index (κ2) is 6.75. The van der Waals surface area contributed by atoms with Crippen LogP contribution in [0, 0.1) is 5.82 Å². The normalized spacial score (nSPS) is 22.6. The molecular formula is C21H26ClFN2O. The van der Waals surface area contributed by atoms with E-state index in [2.05, 4.69) is 35.8 Å². The SMILES string of the molecule is CN(C)C[C@@H]1Oc2ccccc2[C@H]1N1CC(C)(C)c2cccc(F)c21.Cl. The molecule has 0 saturated carbocycles. The van der Waals surface area contributed by atoms with Crippen LogP contribution in [-0.2, 0) is 5.41 Å². The third kappa shape index (κ3) is 2.95. The van der Waals surface area contributed by atoms with Crippen LogP contribution in [0.2, 0.25) is 0 Å². The minimum Gasteiger partial charge on any atom is -0.486 e. The minimum absolute atomic E-state index is 0. The lowest BCUT2D eigenvalue weighted by atomic mass is 9.87. The lowest BCUT2D eigenvalue weighted by molar-refractivity contribution is 0.159. The molecule has 4 rings (SSSR count). The molecule has 2 heterocycles. The molecule has 0 saturated heterocycles. The van der Waals surface area contributed by atoms with Gasteiger partial charge >= 0.3 is 0 Å². The number of ether oxygens (including phenoxy) is 1. The van der Waals surface area contributed by atoms with Gasteiger partial charge in [0.25, 0.3) is 0 Å². The van der Waals surface area contributed by atoms with E-state index >= 15 is 0 Å². The third-order valence-electron chi connectivity index (χ3n) is 5.32. The number of nitrogens with zero attached hydrogens (tertiary/aromatic N) is 2. The first-order valence-corrected chi connectivity index (χ1v) is 8.84. The Morgan fingerprint density at radius 1 is 1.15 bits per heavy atom. The van der Waals surface area contributed by atoms with Crippen molar-refractivity contribution in [2.75, 3.05) is 32.1 Å². The summed E-state index contributed by atoms with van der Waals surface area (Å²) < 4.78 is 21.1. The molecule has 2 aromatic rings. The Hall–Kier alpha value is -1.78. The Morgan fingerprint density at radius 3 is 2.62 bits per heavy atom. The first-order valence-electron chi connectivity index (χ1n) is 8.84. The van der Waals surface area contributed by atoms with Crippen LogP contribution in [0.4, 0.5) is 10.1 Å². The van der Waals surface area contributed by atoms with E-state index in [4.69, 9.17) is 4.74 Å². The number of anilines is 1. The number of fused-ring (bicyclic) bond motifs is 2. The first kappa shape index (κ1) is 19.0. The van der Waals surface area contributed by atoms with E-state index < -0.39 is 0 Å². The van der Waals surface area contributed by atoms with Crippen LogP contribution in [0.25, 0.3) is 0 Å². The second-order valence-corrected chi connectivity index (χ2v) is 8.05. The molecule has 2 aromatic carbocycles. The van der Waals surface area contributed by atoms with E-state index in [-0.39, 0.29) is 35.8 Å². The van der Waals surface area contributed by atoms with Crippen molar-refractivity contribution in [3.63, 3.8) is 0 Å². The van der Waals surface area contributed by atoms with Crippen molar-refractivity contribution >= 4 is 18.1 Å². The van der Waals surface area contributed by atoms with Crippen molar-refractivity contribution in [1.82, 2.24) is 4.90 Å². The Bertz CT molecular complexity index is 808. The van der Waals surface area contributed by atoms with Crippen LogP contribution in [-0.4, -0.2) is 38.2 Å². The maximum absolute atomic E-state index is 14.8. The molecule has 2 aliphatic rings. The molecule has 0 aromatic heterocycles. The van der Waals surface area contributed by atoms with Crippen molar-refractivity contribution in [3.05, 3.63) is 59.4 Å². The van der Waals surface area contributed by atoms with Gasteiger partial charge in [-0.2, -0.15) is 0 Å². The van der Waals surface area contributed by atoms with Gasteiger partial charge in [0.2, 0.25) is 0 Å². The van der Waals surface area contributed by atoms with Gasteiger partial charge in [-0.25, -0.2) is 4.39 Å². The van der Waals surface area contributed by atoms with Gasteiger partial charge in [0, 0.05) is 24.1 Å². The van der Waals surface area contributed by atoms with Crippen molar-refractivity contribution in [2.24, 2.45) is 0 Å². The zero-order chi connectivity index (χ0) is 17.8. The highest BCUT2D eigenvalue weighted by atomic mass is 35.5. The standard InChI is InChI=1S/C21H25FN2O.ClH/c1-21(2)13-24(20-15(21)9-7-10-16(20)22)19-14-8-5-6-11-17(14)25-18(19)12-23(3)4;/h5-11,18-19H,12-13H2,1-4H3;1H/t18-,19+;/m0./s1. The number of likely N-dealkylation sites (N-methyl/N-ethyl adjacent to an activating group) is 1. The summed E-state index contributed by atoms with van der Waals surface area (Å²) in [6.07, 6.45) is -0.0197. The average molecular weight is 377 g/mol. The zero-order valence-electron chi connectivity index (χ0n) is 15.7. The van der Waals surface area contributed by atoms with Gasteiger partial charge in [0.15, 0.2) is 0 Å². The molecule has 0 N–H and O–H groups in total. The quantitative estimate of drug-likeness (QED) is 0.789. The van der Waals surface area contributed by atoms with Gasteiger partial charge in [0.05, 0.1) is 11.7 Å². The molecule has 5 heteroatoms. The van der Waals surface area contributed by atoms with Gasteiger partial charge in [-0.05, 0) is 31.8 Å². The van der Waals surface area contributed by atoms with Crippen LogP contribution in [0.5, 0.6) is 5.75 Å². The molecule has 0 radical (unpaired) electrons. The van der Waals surface area contributed by atoms with Crippen molar-refractivity contribution in [1.29, 1.82) is 0 Å². The maximum atomic E-state index is 14.8. The summed E-state index contributed by atoms with van der Waals surface area (Å²) in [7, 11) is 4.09. The molecule has 0 spiro atoms. The van der Waals surface area contributed by atoms with Gasteiger partial charge < -0.3 is 14.5 Å². The third-order valence-corrected chi connectivity index (χ3v) is 5.32. The predicted octanol–water partition coefficient (Wildman–Crippen LogP) is 4.41. The summed E-state index contributed by atoms with van der Waals surface area (Å²) in [5, 5.41) is 0. The van der Waals surface area contributed by atoms with E-state index in [1.165, 1.54) is 0 Å². The summed E-state index contributed by atoms with van der Waals surface area (Å²) in [6, 6.07) is 13.6. The zero-order valence-corrected chi connectivity index (χ0v) is 16.5. The fourth-order valence-corrected chi connectivity index (χ4v) is 4.31. The number of rotatable bonds is 3. The maximum Gasteiger partial charge on any atom is 0.146 e. The Labute approximate surface area is 161 Å². The lowest BCUT2D eigenvalue weighted by Crippen LogP contribution is -2.42. The van der Waals surface area contributed by atoms with E-state index in [0.717, 1.165) is 35.7 Å². The predicted molar refractivity (Wildman–Crippen MR) is 106 cm³/mol. The van der Waals surface area contributed by atoms with Crippen molar-refractivity contribution in [3.8, 4) is 5.75 Å². The summed E-state index contributed by atoms with van der Waals surface area (Å²) in [4.78, 5) is 4.36. The average Bonchev–Trinajstić information content (AvgIpc) is 3.02. The van der Waals surface area contributed by atoms with Gasteiger partial charge in [-0.15, -0.1) is 12.4 Å². The highest BCUT2D eigenvalue weighted by molar-refractivity contribution is 5.85. The summed E-state index contributed by atoms with van der Waals surface area (Å²) in [5.74, 6) is 0.776. The van der Waals surface area contributed by atoms with Crippen LogP contribution >= 0.6 is 12.4 Å². The number of halogens is 2. The number of para-hydroxylation sites is 2.